The van der Waals surface area contributed by atoms with E-state index in [1.807, 2.05) is 0 Å². The Labute approximate surface area is 93.1 Å². The van der Waals surface area contributed by atoms with Gasteiger partial charge in [0.1, 0.15) is 0 Å². The average molecular weight is 228 g/mol. The first kappa shape index (κ1) is 14.2. The number of aliphatic hydroxyl groups is 2. The molecule has 6 nitrogen and oxygen atoms in total. The van der Waals surface area contributed by atoms with Crippen molar-refractivity contribution >= 4 is 17.3 Å². The van der Waals surface area contributed by atoms with E-state index in [1.165, 1.54) is 6.07 Å². The molecule has 1 aromatic carbocycles. The maximum absolute atomic E-state index is 10.4. The fourth-order valence-corrected chi connectivity index (χ4v) is 0.770. The van der Waals surface area contributed by atoms with E-state index in [-0.39, 0.29) is 11.3 Å². The highest BCUT2D eigenvalue weighted by molar-refractivity contribution is 5.96. The topological polar surface area (TPSA) is 130 Å². The molecule has 6 heteroatoms. The van der Waals surface area contributed by atoms with Crippen molar-refractivity contribution in [2.45, 2.75) is 19.6 Å². The zero-order chi connectivity index (χ0) is 12.7. The molecule has 0 fully saturated rings. The third-order valence-corrected chi connectivity index (χ3v) is 1.74. The fraction of sp³-hybridized carbons (Fsp3) is 0.300. The molecule has 1 rings (SSSR count). The molecule has 0 aliphatic carbocycles. The molecule has 0 bridgehead atoms. The first-order valence-corrected chi connectivity index (χ1v) is 4.63. The van der Waals surface area contributed by atoms with E-state index < -0.39 is 12.3 Å². The third kappa shape index (κ3) is 4.63. The van der Waals surface area contributed by atoms with Gasteiger partial charge in [-0.25, -0.2) is 4.79 Å². The van der Waals surface area contributed by atoms with Crippen molar-refractivity contribution in [3.05, 3.63) is 23.8 Å². The standard InChI is InChI=1S/C7H8N2O2.C3H8O2/c8-5-3-1-2-4(6(5)9)7(10)11;1-2-3(4)5/h1-3H,8-9H2,(H,10,11);3-5H,2H2,1H3. The minimum Gasteiger partial charge on any atom is -0.478 e. The van der Waals surface area contributed by atoms with Gasteiger partial charge in [-0.15, -0.1) is 0 Å². The minimum absolute atomic E-state index is 0.0463. The van der Waals surface area contributed by atoms with E-state index in [1.54, 1.807) is 19.1 Å². The van der Waals surface area contributed by atoms with Crippen molar-refractivity contribution in [3.63, 3.8) is 0 Å². The van der Waals surface area contributed by atoms with Crippen LogP contribution in [0.15, 0.2) is 18.2 Å². The number of carboxylic acids is 1. The summed E-state index contributed by atoms with van der Waals surface area (Å²) in [6, 6.07) is 4.52. The number of aromatic carboxylic acids is 1. The molecule has 0 saturated carbocycles. The van der Waals surface area contributed by atoms with E-state index >= 15 is 0 Å². The molecule has 0 aromatic heterocycles. The quantitative estimate of drug-likeness (QED) is 0.364. The Morgan fingerprint density at radius 2 is 1.88 bits per heavy atom. The molecular formula is C10H16N2O4. The third-order valence-electron chi connectivity index (χ3n) is 1.74. The summed E-state index contributed by atoms with van der Waals surface area (Å²) in [5, 5.41) is 24.4. The summed E-state index contributed by atoms with van der Waals surface area (Å²) < 4.78 is 0. The number of hydrogen-bond donors (Lipinski definition) is 5. The van der Waals surface area contributed by atoms with Crippen LogP contribution in [0.4, 0.5) is 11.4 Å². The highest BCUT2D eigenvalue weighted by Crippen LogP contribution is 2.18. The van der Waals surface area contributed by atoms with Gasteiger partial charge in [-0.1, -0.05) is 13.0 Å². The van der Waals surface area contributed by atoms with Crippen LogP contribution in [0, 0.1) is 0 Å². The molecular weight excluding hydrogens is 212 g/mol. The summed E-state index contributed by atoms with van der Waals surface area (Å²) in [7, 11) is 0. The number of anilines is 2. The van der Waals surface area contributed by atoms with Crippen molar-refractivity contribution in [1.82, 2.24) is 0 Å². The molecule has 90 valence electrons. The Morgan fingerprint density at radius 3 is 2.19 bits per heavy atom. The summed E-state index contributed by atoms with van der Waals surface area (Å²) in [6.07, 6.45) is -0.699. The minimum atomic E-state index is -1.12. The number of hydrogen-bond acceptors (Lipinski definition) is 5. The van der Waals surface area contributed by atoms with Gasteiger partial charge in [-0.05, 0) is 18.6 Å². The molecule has 0 radical (unpaired) electrons. The maximum Gasteiger partial charge on any atom is 0.337 e. The lowest BCUT2D eigenvalue weighted by molar-refractivity contribution is -0.0413. The van der Waals surface area contributed by atoms with Crippen molar-refractivity contribution in [1.29, 1.82) is 0 Å². The number of carbonyl (C=O) groups is 1. The van der Waals surface area contributed by atoms with E-state index in [2.05, 4.69) is 0 Å². The van der Waals surface area contributed by atoms with Gasteiger partial charge >= 0.3 is 5.97 Å². The summed E-state index contributed by atoms with van der Waals surface area (Å²) in [4.78, 5) is 10.4. The second-order valence-corrected chi connectivity index (χ2v) is 3.00. The Morgan fingerprint density at radius 1 is 1.38 bits per heavy atom. The van der Waals surface area contributed by atoms with Gasteiger partial charge in [0.05, 0.1) is 16.9 Å². The Bertz CT molecular complexity index is 353. The zero-order valence-corrected chi connectivity index (χ0v) is 8.92. The second-order valence-electron chi connectivity index (χ2n) is 3.00. The van der Waals surface area contributed by atoms with E-state index in [9.17, 15) is 4.79 Å². The predicted molar refractivity (Wildman–Crippen MR) is 60.7 cm³/mol. The monoisotopic (exact) mass is 228 g/mol. The van der Waals surface area contributed by atoms with Gasteiger partial charge in [0.2, 0.25) is 0 Å². The smallest absolute Gasteiger partial charge is 0.337 e. The zero-order valence-electron chi connectivity index (χ0n) is 8.92. The number of benzene rings is 1. The van der Waals surface area contributed by atoms with Crippen molar-refractivity contribution in [2.24, 2.45) is 0 Å². The predicted octanol–water partition coefficient (Wildman–Crippen LogP) is 0.256. The molecule has 0 unspecified atom stereocenters. The number of nitrogens with two attached hydrogens (primary N) is 2. The Hall–Kier alpha value is -1.79. The van der Waals surface area contributed by atoms with Crippen LogP contribution < -0.4 is 11.5 Å². The summed E-state index contributed by atoms with van der Waals surface area (Å²) in [6.45, 7) is 1.70. The van der Waals surface area contributed by atoms with Gasteiger partial charge in [0.15, 0.2) is 6.29 Å². The molecule has 0 saturated heterocycles. The molecule has 16 heavy (non-hydrogen) atoms. The SMILES string of the molecule is CCC(O)O.Nc1cccc(C(=O)O)c1N. The molecule has 0 heterocycles. The van der Waals surface area contributed by atoms with Crippen LogP contribution in [0.1, 0.15) is 23.7 Å². The maximum atomic E-state index is 10.4. The van der Waals surface area contributed by atoms with Gasteiger partial charge in [0, 0.05) is 0 Å². The molecule has 0 aliphatic heterocycles. The lowest BCUT2D eigenvalue weighted by atomic mass is 10.1. The number of nitrogen functional groups attached to an aromatic ring is 2. The highest BCUT2D eigenvalue weighted by Gasteiger charge is 2.07. The van der Waals surface area contributed by atoms with E-state index in [0.29, 0.717) is 12.1 Å². The molecule has 0 spiro atoms. The average Bonchev–Trinajstić information content (AvgIpc) is 2.22. The molecule has 7 N–H and O–H groups in total. The van der Waals surface area contributed by atoms with E-state index in [4.69, 9.17) is 26.8 Å². The lowest BCUT2D eigenvalue weighted by Gasteiger charge is -2.01. The molecule has 0 atom stereocenters. The first-order valence-electron chi connectivity index (χ1n) is 4.63. The second kappa shape index (κ2) is 6.65. The van der Waals surface area contributed by atoms with Crippen LogP contribution in [0.2, 0.25) is 0 Å². The number of carboxylic acid groups (broad SMARTS) is 1. The van der Waals surface area contributed by atoms with Crippen LogP contribution in [0.25, 0.3) is 0 Å². The molecule has 1 aromatic rings. The van der Waals surface area contributed by atoms with Crippen LogP contribution in [-0.2, 0) is 0 Å². The van der Waals surface area contributed by atoms with Crippen molar-refractivity contribution < 1.29 is 20.1 Å². The summed E-state index contributed by atoms with van der Waals surface area (Å²) in [5.74, 6) is -1.06. The number of rotatable bonds is 2. The normalized spacial score (nSPS) is 9.50. The van der Waals surface area contributed by atoms with Crippen LogP contribution in [0.3, 0.4) is 0 Å². The van der Waals surface area contributed by atoms with Crippen molar-refractivity contribution in [3.8, 4) is 0 Å². The fourth-order valence-electron chi connectivity index (χ4n) is 0.770. The van der Waals surface area contributed by atoms with Crippen LogP contribution >= 0.6 is 0 Å². The highest BCUT2D eigenvalue weighted by atomic mass is 16.5. The van der Waals surface area contributed by atoms with Crippen LogP contribution in [0.5, 0.6) is 0 Å². The summed E-state index contributed by atoms with van der Waals surface area (Å²) >= 11 is 0. The molecule has 0 amide bonds. The molecule has 0 aliphatic rings. The van der Waals surface area contributed by atoms with Crippen LogP contribution in [-0.4, -0.2) is 27.6 Å². The summed E-state index contributed by atoms with van der Waals surface area (Å²) in [5.41, 5.74) is 11.2. The van der Waals surface area contributed by atoms with Gasteiger partial charge in [0.25, 0.3) is 0 Å². The number of para-hydroxylation sites is 1. The lowest BCUT2D eigenvalue weighted by Crippen LogP contribution is -2.04. The number of aliphatic hydroxyl groups excluding tert-OH is 1. The van der Waals surface area contributed by atoms with Gasteiger partial charge < -0.3 is 26.8 Å². The van der Waals surface area contributed by atoms with Gasteiger partial charge in [-0.2, -0.15) is 0 Å². The van der Waals surface area contributed by atoms with Crippen molar-refractivity contribution in [2.75, 3.05) is 11.5 Å². The Balaban J connectivity index is 0.000000385. The van der Waals surface area contributed by atoms with Gasteiger partial charge in [-0.3, -0.25) is 0 Å². The Kier molecular flexibility index (Phi) is 5.91. The largest absolute Gasteiger partial charge is 0.478 e. The first-order chi connectivity index (χ1) is 7.40. The van der Waals surface area contributed by atoms with E-state index in [0.717, 1.165) is 0 Å².